The smallest absolute Gasteiger partial charge is 0.0162 e. The zero-order chi connectivity index (χ0) is 19.3. The fourth-order valence-corrected chi connectivity index (χ4v) is 6.75. The number of aryl methyl sites for hydroxylation is 1. The van der Waals surface area contributed by atoms with E-state index >= 15 is 0 Å². The van der Waals surface area contributed by atoms with Gasteiger partial charge in [-0.3, -0.25) is 0 Å². The summed E-state index contributed by atoms with van der Waals surface area (Å²) < 4.78 is 0. The minimum atomic E-state index is 0.809. The van der Waals surface area contributed by atoms with Crippen molar-refractivity contribution in [3.05, 3.63) is 60.7 Å². The summed E-state index contributed by atoms with van der Waals surface area (Å²) in [5.74, 6) is 5.73. The van der Waals surface area contributed by atoms with Gasteiger partial charge in [0.05, 0.1) is 0 Å². The van der Waals surface area contributed by atoms with Gasteiger partial charge in [-0.25, -0.2) is 0 Å². The van der Waals surface area contributed by atoms with Crippen LogP contribution >= 0.6 is 0 Å². The van der Waals surface area contributed by atoms with Crippen molar-refractivity contribution < 1.29 is 0 Å². The molecule has 4 rings (SSSR count). The number of hydrogen-bond acceptors (Lipinski definition) is 0. The summed E-state index contributed by atoms with van der Waals surface area (Å²) in [5, 5.41) is 0. The second kappa shape index (κ2) is 9.47. The highest BCUT2D eigenvalue weighted by Gasteiger charge is 2.38. The minimum absolute atomic E-state index is 0.809. The van der Waals surface area contributed by atoms with Crippen LogP contribution in [0.15, 0.2) is 49.6 Å². The molecule has 4 unspecified atom stereocenters. The molecule has 0 nitrogen and oxygen atoms in total. The zero-order valence-electron chi connectivity index (χ0n) is 17.8. The first-order chi connectivity index (χ1) is 13.8. The number of benzene rings is 1. The Labute approximate surface area is 173 Å². The number of rotatable bonds is 6. The normalized spacial score (nSPS) is 35.7. The zero-order valence-corrected chi connectivity index (χ0v) is 17.8. The van der Waals surface area contributed by atoms with Crippen molar-refractivity contribution in [1.82, 2.24) is 0 Å². The van der Waals surface area contributed by atoms with Crippen LogP contribution in [0.4, 0.5) is 0 Å². The Morgan fingerprint density at radius 1 is 0.714 bits per heavy atom. The van der Waals surface area contributed by atoms with Gasteiger partial charge in [-0.05, 0) is 124 Å². The lowest BCUT2D eigenvalue weighted by atomic mass is 9.61. The third-order valence-electron chi connectivity index (χ3n) is 8.55. The Morgan fingerprint density at radius 3 is 2.00 bits per heavy atom. The van der Waals surface area contributed by atoms with Gasteiger partial charge in [0, 0.05) is 0 Å². The minimum Gasteiger partial charge on any atom is -0.103 e. The lowest BCUT2D eigenvalue weighted by molar-refractivity contribution is 0.0719. The monoisotopic (exact) mass is 376 g/mol. The average molecular weight is 377 g/mol. The molecule has 0 spiro atoms. The first kappa shape index (κ1) is 20.0. The van der Waals surface area contributed by atoms with E-state index in [2.05, 4.69) is 43.5 Å². The highest BCUT2D eigenvalue weighted by Crippen LogP contribution is 2.50. The Balaban J connectivity index is 1.26. The van der Waals surface area contributed by atoms with Crippen LogP contribution in [0.1, 0.15) is 87.7 Å². The van der Waals surface area contributed by atoms with E-state index in [4.69, 9.17) is 0 Å². The van der Waals surface area contributed by atoms with Crippen LogP contribution in [0.5, 0.6) is 0 Å². The molecule has 0 aromatic heterocycles. The van der Waals surface area contributed by atoms with Crippen molar-refractivity contribution in [3.63, 3.8) is 0 Å². The number of allylic oxidation sites excluding steroid dienone is 2. The van der Waals surface area contributed by atoms with Crippen molar-refractivity contribution in [2.75, 3.05) is 0 Å². The summed E-state index contributed by atoms with van der Waals surface area (Å²) in [4.78, 5) is 0. The van der Waals surface area contributed by atoms with E-state index in [1.54, 1.807) is 12.0 Å². The first-order valence-electron chi connectivity index (χ1n) is 12.1. The first-order valence-corrected chi connectivity index (χ1v) is 12.1. The molecule has 0 saturated heterocycles. The number of hydrogen-bond donors (Lipinski definition) is 0. The molecule has 3 aliphatic carbocycles. The quantitative estimate of drug-likeness (QED) is 0.440. The van der Waals surface area contributed by atoms with Crippen LogP contribution in [0.2, 0.25) is 0 Å². The SMILES string of the molecule is C=CCCc1ccc(C2CCC(C3CCC4CC(C=C)CCC4C3)CC2)cc1. The van der Waals surface area contributed by atoms with Gasteiger partial charge in [0.1, 0.15) is 0 Å². The highest BCUT2D eigenvalue weighted by molar-refractivity contribution is 5.26. The van der Waals surface area contributed by atoms with Gasteiger partial charge >= 0.3 is 0 Å². The van der Waals surface area contributed by atoms with Gasteiger partial charge in [-0.1, -0.05) is 36.4 Å². The van der Waals surface area contributed by atoms with E-state index in [0.29, 0.717) is 0 Å². The maximum atomic E-state index is 4.06. The predicted molar refractivity (Wildman–Crippen MR) is 122 cm³/mol. The molecule has 0 heterocycles. The molecule has 28 heavy (non-hydrogen) atoms. The summed E-state index contributed by atoms with van der Waals surface area (Å²) in [6.07, 6.45) is 21.1. The van der Waals surface area contributed by atoms with Crippen LogP contribution in [0.25, 0.3) is 0 Å². The topological polar surface area (TPSA) is 0 Å². The third kappa shape index (κ3) is 4.64. The van der Waals surface area contributed by atoms with Gasteiger partial charge in [0.2, 0.25) is 0 Å². The molecule has 1 aromatic rings. The predicted octanol–water partition coefficient (Wildman–Crippen LogP) is 8.10. The lowest BCUT2D eigenvalue weighted by Crippen LogP contribution is -2.34. The number of fused-ring (bicyclic) bond motifs is 1. The Morgan fingerprint density at radius 2 is 1.32 bits per heavy atom. The van der Waals surface area contributed by atoms with E-state index in [1.165, 1.54) is 63.4 Å². The molecule has 0 aliphatic heterocycles. The largest absolute Gasteiger partial charge is 0.103 e. The van der Waals surface area contributed by atoms with E-state index in [0.717, 1.165) is 48.3 Å². The molecule has 3 fully saturated rings. The molecule has 152 valence electrons. The van der Waals surface area contributed by atoms with Crippen molar-refractivity contribution in [2.45, 2.75) is 83.0 Å². The molecule has 0 amide bonds. The standard InChI is InChI=1S/C28H40/c1-3-5-6-22-8-10-23(11-9-22)24-13-15-25(16-14-24)27-18-17-26-19-21(4-2)7-12-28(26)20-27/h3-4,8-11,21,24-28H,1-2,5-7,12-20H2. The third-order valence-corrected chi connectivity index (χ3v) is 8.55. The summed E-state index contributed by atoms with van der Waals surface area (Å²) in [5.41, 5.74) is 3.05. The Kier molecular flexibility index (Phi) is 6.76. The van der Waals surface area contributed by atoms with Crippen molar-refractivity contribution >= 4 is 0 Å². The summed E-state index contributed by atoms with van der Waals surface area (Å²) in [7, 11) is 0. The molecule has 0 N–H and O–H groups in total. The highest BCUT2D eigenvalue weighted by atomic mass is 14.4. The molecule has 3 saturated carbocycles. The second-order valence-corrected chi connectivity index (χ2v) is 10.1. The summed E-state index contributed by atoms with van der Waals surface area (Å²) in [6, 6.07) is 9.52. The molecular weight excluding hydrogens is 336 g/mol. The molecular formula is C28H40. The molecule has 0 radical (unpaired) electrons. The van der Waals surface area contributed by atoms with E-state index in [-0.39, 0.29) is 0 Å². The van der Waals surface area contributed by atoms with Gasteiger partial charge < -0.3 is 0 Å². The Bertz CT molecular complexity index is 631. The van der Waals surface area contributed by atoms with E-state index < -0.39 is 0 Å². The van der Waals surface area contributed by atoms with Crippen LogP contribution < -0.4 is 0 Å². The molecule has 3 aliphatic rings. The van der Waals surface area contributed by atoms with Crippen molar-refractivity contribution in [1.29, 1.82) is 0 Å². The molecule has 0 heteroatoms. The molecule has 0 bridgehead atoms. The molecule has 1 aromatic carbocycles. The van der Waals surface area contributed by atoms with Gasteiger partial charge in [0.15, 0.2) is 0 Å². The molecule has 4 atom stereocenters. The Hall–Kier alpha value is -1.30. The van der Waals surface area contributed by atoms with Crippen LogP contribution in [-0.4, -0.2) is 0 Å². The van der Waals surface area contributed by atoms with Crippen LogP contribution in [-0.2, 0) is 6.42 Å². The van der Waals surface area contributed by atoms with Crippen LogP contribution in [0, 0.1) is 29.6 Å². The van der Waals surface area contributed by atoms with E-state index in [9.17, 15) is 0 Å². The second-order valence-electron chi connectivity index (χ2n) is 10.1. The van der Waals surface area contributed by atoms with Gasteiger partial charge in [-0.2, -0.15) is 0 Å². The fraction of sp³-hybridized carbons (Fsp3) is 0.643. The van der Waals surface area contributed by atoms with Crippen molar-refractivity contribution in [3.8, 4) is 0 Å². The van der Waals surface area contributed by atoms with Gasteiger partial charge in [-0.15, -0.1) is 13.2 Å². The van der Waals surface area contributed by atoms with Crippen LogP contribution in [0.3, 0.4) is 0 Å². The average Bonchev–Trinajstić information content (AvgIpc) is 2.77. The maximum absolute atomic E-state index is 4.06. The van der Waals surface area contributed by atoms with E-state index in [1.807, 2.05) is 6.08 Å². The van der Waals surface area contributed by atoms with Gasteiger partial charge in [0.25, 0.3) is 0 Å². The fourth-order valence-electron chi connectivity index (χ4n) is 6.75. The summed E-state index contributed by atoms with van der Waals surface area (Å²) >= 11 is 0. The lowest BCUT2D eigenvalue weighted by Gasteiger charge is -2.45. The summed E-state index contributed by atoms with van der Waals surface area (Å²) in [6.45, 7) is 7.89. The van der Waals surface area contributed by atoms with Crippen molar-refractivity contribution in [2.24, 2.45) is 29.6 Å². The maximum Gasteiger partial charge on any atom is -0.0162 e.